The van der Waals surface area contributed by atoms with Crippen LogP contribution in [0.2, 0.25) is 0 Å². The molecule has 0 N–H and O–H groups in total. The van der Waals surface area contributed by atoms with Crippen LogP contribution in [0.5, 0.6) is 11.5 Å². The quantitative estimate of drug-likeness (QED) is 0.628. The summed E-state index contributed by atoms with van der Waals surface area (Å²) in [6.45, 7) is 1.81. The Morgan fingerprint density at radius 3 is 2.31 bits per heavy atom. The van der Waals surface area contributed by atoms with E-state index in [1.54, 1.807) is 14.2 Å². The van der Waals surface area contributed by atoms with Crippen molar-refractivity contribution in [2.75, 3.05) is 20.8 Å². The molecule has 0 aliphatic carbocycles. The minimum absolute atomic E-state index is 0.254. The molecule has 0 saturated carbocycles. The zero-order valence-electron chi connectivity index (χ0n) is 15.1. The number of benzene rings is 2. The van der Waals surface area contributed by atoms with Gasteiger partial charge in [0.2, 0.25) is 0 Å². The van der Waals surface area contributed by atoms with Crippen LogP contribution in [0.1, 0.15) is 12.5 Å². The molecule has 0 aliphatic rings. The average molecular weight is 351 g/mol. The van der Waals surface area contributed by atoms with E-state index < -0.39 is 0 Å². The normalized spacial score (nSPS) is 10.6. The third-order valence-corrected chi connectivity index (χ3v) is 4.17. The summed E-state index contributed by atoms with van der Waals surface area (Å²) in [7, 11) is 3.23. The van der Waals surface area contributed by atoms with Crippen LogP contribution < -0.4 is 9.47 Å². The van der Waals surface area contributed by atoms with Crippen molar-refractivity contribution in [2.24, 2.45) is 0 Å². The molecule has 0 unspecified atom stereocenters. The average Bonchev–Trinajstić information content (AvgIpc) is 2.66. The van der Waals surface area contributed by atoms with Gasteiger partial charge in [0.15, 0.2) is 11.5 Å². The van der Waals surface area contributed by atoms with Crippen LogP contribution in [0.25, 0.3) is 22.0 Å². The van der Waals surface area contributed by atoms with Gasteiger partial charge in [-0.3, -0.25) is 9.78 Å². The molecule has 0 aliphatic heterocycles. The van der Waals surface area contributed by atoms with E-state index in [2.05, 4.69) is 11.1 Å². The van der Waals surface area contributed by atoms with Crippen molar-refractivity contribution in [1.82, 2.24) is 4.98 Å². The summed E-state index contributed by atoms with van der Waals surface area (Å²) in [5, 5.41) is 0.985. The molecule has 26 heavy (non-hydrogen) atoms. The molecule has 0 bridgehead atoms. The van der Waals surface area contributed by atoms with Gasteiger partial charge < -0.3 is 14.2 Å². The summed E-state index contributed by atoms with van der Waals surface area (Å²) in [4.78, 5) is 15.4. The Bertz CT molecular complexity index is 919. The van der Waals surface area contributed by atoms with Crippen molar-refractivity contribution < 1.29 is 19.0 Å². The van der Waals surface area contributed by atoms with E-state index in [1.165, 1.54) is 6.92 Å². The van der Waals surface area contributed by atoms with Gasteiger partial charge in [0.25, 0.3) is 0 Å². The number of rotatable bonds is 6. The molecule has 5 nitrogen and oxygen atoms in total. The Labute approximate surface area is 152 Å². The molecular weight excluding hydrogens is 330 g/mol. The van der Waals surface area contributed by atoms with Gasteiger partial charge in [-0.1, -0.05) is 24.3 Å². The van der Waals surface area contributed by atoms with E-state index >= 15 is 0 Å². The fourth-order valence-electron chi connectivity index (χ4n) is 2.79. The van der Waals surface area contributed by atoms with E-state index in [0.717, 1.165) is 27.6 Å². The Morgan fingerprint density at radius 2 is 1.65 bits per heavy atom. The van der Waals surface area contributed by atoms with E-state index in [4.69, 9.17) is 14.2 Å². The number of aromatic nitrogens is 1. The number of nitrogens with zero attached hydrogens (tertiary/aromatic N) is 1. The largest absolute Gasteiger partial charge is 0.493 e. The number of carbonyl (C=O) groups is 1. The number of methoxy groups -OCH3 is 2. The monoisotopic (exact) mass is 351 g/mol. The van der Waals surface area contributed by atoms with Crippen LogP contribution in [0.15, 0.2) is 48.7 Å². The highest BCUT2D eigenvalue weighted by atomic mass is 16.5. The van der Waals surface area contributed by atoms with E-state index in [9.17, 15) is 4.79 Å². The van der Waals surface area contributed by atoms with Crippen LogP contribution in [0, 0.1) is 0 Å². The minimum atomic E-state index is -0.254. The first-order valence-electron chi connectivity index (χ1n) is 8.35. The second-order valence-corrected chi connectivity index (χ2v) is 5.91. The summed E-state index contributed by atoms with van der Waals surface area (Å²) in [5.41, 5.74) is 4.07. The first-order valence-corrected chi connectivity index (χ1v) is 8.35. The predicted octanol–water partition coefficient (Wildman–Crippen LogP) is 4.02. The molecule has 0 amide bonds. The lowest BCUT2D eigenvalue weighted by atomic mass is 10.0. The Balaban J connectivity index is 1.84. The number of ether oxygens (including phenoxy) is 3. The number of fused-ring (bicyclic) bond motifs is 1. The number of pyridine rings is 1. The van der Waals surface area contributed by atoms with Crippen molar-refractivity contribution in [1.29, 1.82) is 0 Å². The van der Waals surface area contributed by atoms with Gasteiger partial charge in [0.1, 0.15) is 0 Å². The number of hydrogen-bond donors (Lipinski definition) is 0. The number of esters is 1. The molecule has 134 valence electrons. The first kappa shape index (κ1) is 17.7. The van der Waals surface area contributed by atoms with Gasteiger partial charge in [0, 0.05) is 36.6 Å². The third-order valence-electron chi connectivity index (χ3n) is 4.17. The lowest BCUT2D eigenvalue weighted by Crippen LogP contribution is -2.03. The molecule has 2 aromatic carbocycles. The topological polar surface area (TPSA) is 57.7 Å². The molecule has 0 fully saturated rings. The van der Waals surface area contributed by atoms with Gasteiger partial charge in [-0.25, -0.2) is 0 Å². The highest BCUT2D eigenvalue weighted by molar-refractivity contribution is 5.86. The lowest BCUT2D eigenvalue weighted by molar-refractivity contribution is -0.140. The molecule has 0 radical (unpaired) electrons. The second kappa shape index (κ2) is 7.87. The molecule has 3 rings (SSSR count). The van der Waals surface area contributed by atoms with E-state index in [1.807, 2.05) is 42.6 Å². The Morgan fingerprint density at radius 1 is 0.962 bits per heavy atom. The van der Waals surface area contributed by atoms with Crippen molar-refractivity contribution in [3.8, 4) is 22.6 Å². The summed E-state index contributed by atoms with van der Waals surface area (Å²) >= 11 is 0. The van der Waals surface area contributed by atoms with Crippen molar-refractivity contribution in [3.63, 3.8) is 0 Å². The fraction of sp³-hybridized carbons (Fsp3) is 0.238. The zero-order valence-corrected chi connectivity index (χ0v) is 15.1. The highest BCUT2D eigenvalue weighted by Gasteiger charge is 2.08. The van der Waals surface area contributed by atoms with Gasteiger partial charge in [-0.15, -0.1) is 0 Å². The van der Waals surface area contributed by atoms with Crippen molar-refractivity contribution in [2.45, 2.75) is 13.3 Å². The molecule has 0 atom stereocenters. The Kier molecular flexibility index (Phi) is 5.37. The lowest BCUT2D eigenvalue weighted by Gasteiger charge is -2.10. The third kappa shape index (κ3) is 3.94. The SMILES string of the molecule is COc1cc2cc(-c3ccc(CCOC(C)=O)cc3)cnc2cc1OC. The molecule has 5 heteroatoms. The summed E-state index contributed by atoms with van der Waals surface area (Å²) in [6.07, 6.45) is 2.55. The number of hydrogen-bond acceptors (Lipinski definition) is 5. The fourth-order valence-corrected chi connectivity index (χ4v) is 2.79. The molecular formula is C21H21NO4. The summed E-state index contributed by atoms with van der Waals surface area (Å²) in [5.74, 6) is 1.09. The van der Waals surface area contributed by atoms with Crippen molar-refractivity contribution >= 4 is 16.9 Å². The van der Waals surface area contributed by atoms with Crippen LogP contribution in [0.3, 0.4) is 0 Å². The van der Waals surface area contributed by atoms with Crippen LogP contribution in [-0.2, 0) is 16.0 Å². The molecule has 0 saturated heterocycles. The maximum absolute atomic E-state index is 10.8. The van der Waals surface area contributed by atoms with Crippen LogP contribution >= 0.6 is 0 Å². The molecule has 1 heterocycles. The maximum Gasteiger partial charge on any atom is 0.302 e. The standard InChI is InChI=1S/C21H21NO4/c1-14(23)26-9-8-15-4-6-16(7-5-15)18-10-17-11-20(24-2)21(25-3)12-19(17)22-13-18/h4-7,10-13H,8-9H2,1-3H3. The predicted molar refractivity (Wildman–Crippen MR) is 101 cm³/mol. The summed E-state index contributed by atoms with van der Waals surface area (Å²) < 4.78 is 15.7. The second-order valence-electron chi connectivity index (χ2n) is 5.91. The van der Waals surface area contributed by atoms with Crippen molar-refractivity contribution in [3.05, 3.63) is 54.2 Å². The van der Waals surface area contributed by atoms with Gasteiger partial charge in [0.05, 0.1) is 26.3 Å². The van der Waals surface area contributed by atoms with Gasteiger partial charge in [-0.05, 0) is 23.3 Å². The zero-order chi connectivity index (χ0) is 18.5. The molecule has 3 aromatic rings. The van der Waals surface area contributed by atoms with Crippen LogP contribution in [-0.4, -0.2) is 31.8 Å². The highest BCUT2D eigenvalue weighted by Crippen LogP contribution is 2.33. The minimum Gasteiger partial charge on any atom is -0.493 e. The maximum atomic E-state index is 10.8. The molecule has 1 aromatic heterocycles. The first-order chi connectivity index (χ1) is 12.6. The van der Waals surface area contributed by atoms with Gasteiger partial charge in [-0.2, -0.15) is 0 Å². The molecule has 0 spiro atoms. The van der Waals surface area contributed by atoms with E-state index in [-0.39, 0.29) is 5.97 Å². The number of carbonyl (C=O) groups excluding carboxylic acids is 1. The Hall–Kier alpha value is -3.08. The van der Waals surface area contributed by atoms with Crippen LogP contribution in [0.4, 0.5) is 0 Å². The summed E-state index contributed by atoms with van der Waals surface area (Å²) in [6, 6.07) is 14.1. The smallest absolute Gasteiger partial charge is 0.302 e. The van der Waals surface area contributed by atoms with E-state index in [0.29, 0.717) is 24.5 Å². The van der Waals surface area contributed by atoms with Gasteiger partial charge >= 0.3 is 5.97 Å².